The lowest BCUT2D eigenvalue weighted by atomic mass is 9.99. The van der Waals surface area contributed by atoms with Crippen molar-refractivity contribution in [2.75, 3.05) is 19.7 Å². The zero-order valence-corrected chi connectivity index (χ0v) is 14.3. The molecule has 1 aromatic carbocycles. The maximum absolute atomic E-state index is 12.3. The third kappa shape index (κ3) is 5.17. The summed E-state index contributed by atoms with van der Waals surface area (Å²) in [6.07, 6.45) is 0.968. The summed E-state index contributed by atoms with van der Waals surface area (Å²) in [4.78, 5) is 36.1. The minimum absolute atomic E-state index is 0.0200. The molecule has 136 valence electrons. The average Bonchev–Trinajstić information content (AvgIpc) is 2.60. The van der Waals surface area contributed by atoms with Gasteiger partial charge in [-0.2, -0.15) is 0 Å². The van der Waals surface area contributed by atoms with Crippen molar-refractivity contribution in [1.29, 1.82) is 0 Å². The van der Waals surface area contributed by atoms with Gasteiger partial charge in [0.15, 0.2) is 18.5 Å². The highest BCUT2D eigenvalue weighted by Crippen LogP contribution is 2.25. The number of nitrogens with zero attached hydrogens (tertiary/aromatic N) is 2. The Balaban J connectivity index is 1.84. The second-order valence-corrected chi connectivity index (χ2v) is 6.15. The van der Waals surface area contributed by atoms with Crippen LogP contribution in [-0.2, 0) is 14.3 Å². The number of nitro groups is 1. The van der Waals surface area contributed by atoms with E-state index < -0.39 is 23.6 Å². The molecule has 1 aliphatic heterocycles. The van der Waals surface area contributed by atoms with Crippen molar-refractivity contribution < 1.29 is 24.0 Å². The van der Waals surface area contributed by atoms with Crippen LogP contribution in [-0.4, -0.2) is 47.5 Å². The molecule has 1 unspecified atom stereocenters. The second kappa shape index (κ2) is 8.46. The summed E-state index contributed by atoms with van der Waals surface area (Å²) >= 11 is 0. The van der Waals surface area contributed by atoms with Gasteiger partial charge in [0.25, 0.3) is 5.91 Å². The second-order valence-electron chi connectivity index (χ2n) is 6.15. The van der Waals surface area contributed by atoms with Crippen molar-refractivity contribution >= 4 is 17.6 Å². The molecule has 1 fully saturated rings. The van der Waals surface area contributed by atoms with Crippen molar-refractivity contribution in [3.63, 3.8) is 0 Å². The quantitative estimate of drug-likeness (QED) is 0.443. The van der Waals surface area contributed by atoms with E-state index in [0.29, 0.717) is 19.0 Å². The van der Waals surface area contributed by atoms with E-state index in [-0.39, 0.29) is 17.3 Å². The molecule has 25 heavy (non-hydrogen) atoms. The molecule has 0 bridgehead atoms. The van der Waals surface area contributed by atoms with Gasteiger partial charge < -0.3 is 14.4 Å². The van der Waals surface area contributed by atoms with E-state index in [2.05, 4.69) is 6.92 Å². The fraction of sp³-hybridized carbons (Fsp3) is 0.529. The minimum Gasteiger partial charge on any atom is -0.475 e. The van der Waals surface area contributed by atoms with Crippen molar-refractivity contribution in [2.45, 2.75) is 32.8 Å². The Morgan fingerprint density at radius 1 is 1.32 bits per heavy atom. The zero-order valence-electron chi connectivity index (χ0n) is 14.3. The number of para-hydroxylation sites is 2. The molecule has 2 rings (SSSR count). The Morgan fingerprint density at radius 2 is 1.96 bits per heavy atom. The lowest BCUT2D eigenvalue weighted by Gasteiger charge is -2.31. The molecule has 0 spiro atoms. The maximum Gasteiger partial charge on any atom is 0.344 e. The molecule has 1 amide bonds. The number of piperidine rings is 1. The van der Waals surface area contributed by atoms with Crippen LogP contribution < -0.4 is 4.74 Å². The first-order chi connectivity index (χ1) is 11.9. The first kappa shape index (κ1) is 18.7. The predicted molar refractivity (Wildman–Crippen MR) is 89.1 cm³/mol. The monoisotopic (exact) mass is 350 g/mol. The molecule has 0 aliphatic carbocycles. The van der Waals surface area contributed by atoms with Crippen LogP contribution in [0.4, 0.5) is 5.69 Å². The third-order valence-corrected chi connectivity index (χ3v) is 4.16. The van der Waals surface area contributed by atoms with Crippen LogP contribution in [0.3, 0.4) is 0 Å². The van der Waals surface area contributed by atoms with Crippen LogP contribution >= 0.6 is 0 Å². The molecule has 0 radical (unpaired) electrons. The van der Waals surface area contributed by atoms with E-state index in [1.807, 2.05) is 0 Å². The Kier molecular flexibility index (Phi) is 6.32. The van der Waals surface area contributed by atoms with Crippen LogP contribution in [0, 0.1) is 16.0 Å². The molecular weight excluding hydrogens is 328 g/mol. The first-order valence-electron chi connectivity index (χ1n) is 8.23. The van der Waals surface area contributed by atoms with Gasteiger partial charge in [0.1, 0.15) is 0 Å². The number of hydrogen-bond acceptors (Lipinski definition) is 6. The number of likely N-dealkylation sites (tertiary alicyclic amines) is 1. The Morgan fingerprint density at radius 3 is 2.60 bits per heavy atom. The molecule has 1 heterocycles. The van der Waals surface area contributed by atoms with Crippen molar-refractivity contribution in [3.8, 4) is 5.75 Å². The number of carbonyl (C=O) groups excluding carboxylic acids is 2. The summed E-state index contributed by atoms with van der Waals surface area (Å²) in [6.45, 7) is 4.48. The molecule has 1 aromatic rings. The predicted octanol–water partition coefficient (Wildman–Crippen LogP) is 2.16. The highest BCUT2D eigenvalue weighted by atomic mass is 16.6. The van der Waals surface area contributed by atoms with Gasteiger partial charge in [-0.05, 0) is 31.7 Å². The SMILES string of the molecule is CC1CCN(C(=O)C(C)OC(=O)COc2ccccc2[N+](=O)[O-])CC1. The topological polar surface area (TPSA) is 99.0 Å². The summed E-state index contributed by atoms with van der Waals surface area (Å²) in [5, 5.41) is 10.9. The molecule has 1 saturated heterocycles. The van der Waals surface area contributed by atoms with E-state index >= 15 is 0 Å². The molecule has 1 atom stereocenters. The van der Waals surface area contributed by atoms with Gasteiger partial charge >= 0.3 is 11.7 Å². The fourth-order valence-corrected chi connectivity index (χ4v) is 2.63. The Bertz CT molecular complexity index is 640. The first-order valence-corrected chi connectivity index (χ1v) is 8.23. The van der Waals surface area contributed by atoms with E-state index in [9.17, 15) is 19.7 Å². The molecule has 8 nitrogen and oxygen atoms in total. The van der Waals surface area contributed by atoms with Gasteiger partial charge in [-0.1, -0.05) is 19.1 Å². The van der Waals surface area contributed by atoms with Gasteiger partial charge in [0.05, 0.1) is 4.92 Å². The summed E-state index contributed by atoms with van der Waals surface area (Å²) < 4.78 is 10.2. The normalized spacial score (nSPS) is 16.2. The number of esters is 1. The average molecular weight is 350 g/mol. The molecular formula is C17H22N2O6. The molecule has 0 aromatic heterocycles. The van der Waals surface area contributed by atoms with E-state index in [1.165, 1.54) is 25.1 Å². The summed E-state index contributed by atoms with van der Waals surface area (Å²) in [7, 11) is 0. The number of amides is 1. The van der Waals surface area contributed by atoms with E-state index in [1.54, 1.807) is 11.0 Å². The summed E-state index contributed by atoms with van der Waals surface area (Å²) in [5.74, 6) is -0.402. The minimum atomic E-state index is -0.907. The van der Waals surface area contributed by atoms with Gasteiger partial charge in [-0.15, -0.1) is 0 Å². The Labute approximate surface area is 145 Å². The molecule has 8 heteroatoms. The molecule has 1 aliphatic rings. The number of carbonyl (C=O) groups is 2. The molecule has 0 N–H and O–H groups in total. The van der Waals surface area contributed by atoms with Crippen molar-refractivity contribution in [1.82, 2.24) is 4.90 Å². The number of rotatable bonds is 6. The maximum atomic E-state index is 12.3. The lowest BCUT2D eigenvalue weighted by Crippen LogP contribution is -2.44. The number of ether oxygens (including phenoxy) is 2. The summed E-state index contributed by atoms with van der Waals surface area (Å²) in [6, 6.07) is 5.75. The van der Waals surface area contributed by atoms with E-state index in [4.69, 9.17) is 9.47 Å². The summed E-state index contributed by atoms with van der Waals surface area (Å²) in [5.41, 5.74) is -0.234. The Hall–Kier alpha value is -2.64. The fourth-order valence-electron chi connectivity index (χ4n) is 2.63. The zero-order chi connectivity index (χ0) is 18.4. The van der Waals surface area contributed by atoms with Crippen LogP contribution in [0.1, 0.15) is 26.7 Å². The highest BCUT2D eigenvalue weighted by Gasteiger charge is 2.27. The molecule has 0 saturated carbocycles. The number of hydrogen-bond donors (Lipinski definition) is 0. The standard InChI is InChI=1S/C17H22N2O6/c1-12-7-9-18(10-8-12)17(21)13(2)25-16(20)11-24-15-6-4-3-5-14(15)19(22)23/h3-6,12-13H,7-11H2,1-2H3. The van der Waals surface area contributed by atoms with Crippen molar-refractivity contribution in [3.05, 3.63) is 34.4 Å². The number of benzene rings is 1. The van der Waals surface area contributed by atoms with E-state index in [0.717, 1.165) is 12.8 Å². The van der Waals surface area contributed by atoms with Gasteiger partial charge in [0, 0.05) is 19.2 Å². The van der Waals surface area contributed by atoms with Crippen molar-refractivity contribution in [2.24, 2.45) is 5.92 Å². The van der Waals surface area contributed by atoms with Gasteiger partial charge in [0.2, 0.25) is 0 Å². The lowest BCUT2D eigenvalue weighted by molar-refractivity contribution is -0.385. The van der Waals surface area contributed by atoms with Crippen LogP contribution in [0.2, 0.25) is 0 Å². The van der Waals surface area contributed by atoms with Crippen LogP contribution in [0.15, 0.2) is 24.3 Å². The van der Waals surface area contributed by atoms with Gasteiger partial charge in [-0.25, -0.2) is 4.79 Å². The smallest absolute Gasteiger partial charge is 0.344 e. The van der Waals surface area contributed by atoms with Crippen LogP contribution in [0.25, 0.3) is 0 Å². The largest absolute Gasteiger partial charge is 0.475 e. The van der Waals surface area contributed by atoms with Crippen LogP contribution in [0.5, 0.6) is 5.75 Å². The number of nitro benzene ring substituents is 1. The van der Waals surface area contributed by atoms with Gasteiger partial charge in [-0.3, -0.25) is 14.9 Å². The third-order valence-electron chi connectivity index (χ3n) is 4.16. The highest BCUT2D eigenvalue weighted by molar-refractivity contribution is 5.83.